The minimum absolute atomic E-state index is 0.0953. The van der Waals surface area contributed by atoms with Crippen LogP contribution >= 0.6 is 12.0 Å². The summed E-state index contributed by atoms with van der Waals surface area (Å²) in [6, 6.07) is 4.99. The number of alkyl halides is 3. The largest absolute Gasteiger partial charge is 0.417 e. The van der Waals surface area contributed by atoms with E-state index in [0.717, 1.165) is 6.07 Å². The molecule has 1 rings (SSSR count). The van der Waals surface area contributed by atoms with Crippen molar-refractivity contribution in [3.05, 3.63) is 29.8 Å². The van der Waals surface area contributed by atoms with Crippen LogP contribution < -0.4 is 0 Å². The third-order valence-corrected chi connectivity index (χ3v) is 2.07. The van der Waals surface area contributed by atoms with Crippen molar-refractivity contribution in [1.29, 1.82) is 0 Å². The molecule has 0 spiro atoms. The first-order chi connectivity index (χ1) is 7.05. The summed E-state index contributed by atoms with van der Waals surface area (Å²) in [4.78, 5) is 3.97. The first-order valence-corrected chi connectivity index (χ1v) is 4.50. The summed E-state index contributed by atoms with van der Waals surface area (Å²) >= 11 is 0.431. The van der Waals surface area contributed by atoms with Gasteiger partial charge in [0.05, 0.1) is 29.6 Å². The highest BCUT2D eigenvalue weighted by atomic mass is 32.2. The molecule has 0 aliphatic rings. The molecule has 0 N–H and O–H groups in total. The minimum Gasteiger partial charge on any atom is -0.209 e. The van der Waals surface area contributed by atoms with Gasteiger partial charge in [-0.2, -0.15) is 13.2 Å². The van der Waals surface area contributed by atoms with E-state index in [1.165, 1.54) is 25.3 Å². The molecule has 0 atom stereocenters. The molecule has 7 heteroatoms. The SMILES string of the molecule is COOOSc1ccccc1C(F)(F)F. The van der Waals surface area contributed by atoms with Crippen molar-refractivity contribution >= 4 is 12.0 Å². The summed E-state index contributed by atoms with van der Waals surface area (Å²) in [6.07, 6.45) is -4.42. The van der Waals surface area contributed by atoms with Gasteiger partial charge in [0, 0.05) is 0 Å². The second-order valence-electron chi connectivity index (χ2n) is 2.38. The Balaban J connectivity index is 2.78. The third-order valence-electron chi connectivity index (χ3n) is 1.41. The molecule has 0 aromatic heterocycles. The molecule has 0 radical (unpaired) electrons. The van der Waals surface area contributed by atoms with Crippen LogP contribution in [0.1, 0.15) is 5.56 Å². The van der Waals surface area contributed by atoms with Gasteiger partial charge in [-0.3, -0.25) is 0 Å². The van der Waals surface area contributed by atoms with Crippen LogP contribution in [0.3, 0.4) is 0 Å². The fourth-order valence-corrected chi connectivity index (χ4v) is 1.42. The lowest BCUT2D eigenvalue weighted by Crippen LogP contribution is -2.06. The van der Waals surface area contributed by atoms with E-state index >= 15 is 0 Å². The predicted octanol–water partition coefficient (Wildman–Crippen LogP) is 3.22. The van der Waals surface area contributed by atoms with Crippen molar-refractivity contribution in [2.75, 3.05) is 7.11 Å². The van der Waals surface area contributed by atoms with Crippen LogP contribution in [0, 0.1) is 0 Å². The summed E-state index contributed by atoms with van der Waals surface area (Å²) in [5.41, 5.74) is -0.783. The minimum atomic E-state index is -4.42. The van der Waals surface area contributed by atoms with E-state index in [2.05, 4.69) is 14.3 Å². The van der Waals surface area contributed by atoms with Crippen molar-refractivity contribution in [2.24, 2.45) is 0 Å². The molecule has 3 nitrogen and oxygen atoms in total. The quantitative estimate of drug-likeness (QED) is 0.349. The summed E-state index contributed by atoms with van der Waals surface area (Å²) in [7, 11) is 1.18. The van der Waals surface area contributed by atoms with Gasteiger partial charge in [0.25, 0.3) is 0 Å². The lowest BCUT2D eigenvalue weighted by atomic mass is 10.2. The van der Waals surface area contributed by atoms with Crippen LogP contribution in [0.25, 0.3) is 0 Å². The maximum atomic E-state index is 12.4. The Kier molecular flexibility index (Phi) is 4.40. The molecule has 1 aromatic carbocycles. The van der Waals surface area contributed by atoms with Gasteiger partial charge in [0.1, 0.15) is 0 Å². The number of benzene rings is 1. The Morgan fingerprint density at radius 1 is 1.20 bits per heavy atom. The molecule has 15 heavy (non-hydrogen) atoms. The molecule has 0 fully saturated rings. The summed E-state index contributed by atoms with van der Waals surface area (Å²) in [5.74, 6) is 0. The van der Waals surface area contributed by atoms with E-state index in [0.29, 0.717) is 12.0 Å². The van der Waals surface area contributed by atoms with Crippen LogP contribution in [0.4, 0.5) is 13.2 Å². The highest BCUT2D eigenvalue weighted by molar-refractivity contribution is 7.94. The lowest BCUT2D eigenvalue weighted by Gasteiger charge is -2.10. The summed E-state index contributed by atoms with van der Waals surface area (Å²) < 4.78 is 41.5. The van der Waals surface area contributed by atoms with Crippen molar-refractivity contribution in [3.8, 4) is 0 Å². The van der Waals surface area contributed by atoms with Gasteiger partial charge in [-0.1, -0.05) is 17.2 Å². The molecule has 0 saturated carbocycles. The van der Waals surface area contributed by atoms with Gasteiger partial charge in [-0.25, -0.2) is 4.89 Å². The number of hydrogen-bond donors (Lipinski definition) is 0. The number of rotatable bonds is 4. The van der Waals surface area contributed by atoms with Gasteiger partial charge >= 0.3 is 6.18 Å². The standard InChI is InChI=1S/C8H7F3O3S/c1-12-13-14-15-7-5-3-2-4-6(7)8(9,10)11/h2-5H,1H3. The fourth-order valence-electron chi connectivity index (χ4n) is 0.852. The molecular weight excluding hydrogens is 233 g/mol. The monoisotopic (exact) mass is 240 g/mol. The molecule has 0 unspecified atom stereocenters. The Hall–Kier alpha value is -0.760. The fraction of sp³-hybridized carbons (Fsp3) is 0.250. The Labute approximate surface area is 88.2 Å². The zero-order chi connectivity index (χ0) is 11.3. The summed E-state index contributed by atoms with van der Waals surface area (Å²) in [5, 5.41) is 4.00. The average molecular weight is 240 g/mol. The first kappa shape index (κ1) is 12.3. The number of hydrogen-bond acceptors (Lipinski definition) is 4. The second-order valence-corrected chi connectivity index (χ2v) is 3.12. The molecule has 0 aliphatic heterocycles. The van der Waals surface area contributed by atoms with E-state index in [1.54, 1.807) is 0 Å². The molecule has 84 valence electrons. The topological polar surface area (TPSA) is 27.7 Å². The molecule has 0 saturated heterocycles. The van der Waals surface area contributed by atoms with Crippen LogP contribution in [-0.4, -0.2) is 7.11 Å². The van der Waals surface area contributed by atoms with Crippen molar-refractivity contribution in [1.82, 2.24) is 0 Å². The average Bonchev–Trinajstić information content (AvgIpc) is 2.17. The van der Waals surface area contributed by atoms with Crippen LogP contribution in [0.2, 0.25) is 0 Å². The van der Waals surface area contributed by atoms with Crippen LogP contribution in [-0.2, 0) is 20.4 Å². The Bertz CT molecular complexity index is 316. The van der Waals surface area contributed by atoms with Crippen LogP contribution in [0.15, 0.2) is 29.2 Å². The smallest absolute Gasteiger partial charge is 0.209 e. The zero-order valence-electron chi connectivity index (χ0n) is 7.58. The molecule has 1 aromatic rings. The van der Waals surface area contributed by atoms with Gasteiger partial charge in [-0.05, 0) is 12.1 Å². The van der Waals surface area contributed by atoms with Crippen molar-refractivity contribution < 1.29 is 27.4 Å². The van der Waals surface area contributed by atoms with E-state index in [9.17, 15) is 13.2 Å². The Morgan fingerprint density at radius 3 is 2.47 bits per heavy atom. The predicted molar refractivity (Wildman–Crippen MR) is 46.5 cm³/mol. The van der Waals surface area contributed by atoms with Crippen molar-refractivity contribution in [2.45, 2.75) is 11.1 Å². The van der Waals surface area contributed by atoms with Gasteiger partial charge in [0.15, 0.2) is 0 Å². The lowest BCUT2D eigenvalue weighted by molar-refractivity contribution is -0.447. The molecule has 0 bridgehead atoms. The summed E-state index contributed by atoms with van der Waals surface area (Å²) in [6.45, 7) is 0. The van der Waals surface area contributed by atoms with E-state index in [1.807, 2.05) is 0 Å². The molecule has 0 heterocycles. The number of halogens is 3. The van der Waals surface area contributed by atoms with E-state index in [-0.39, 0.29) is 4.90 Å². The maximum absolute atomic E-state index is 12.4. The van der Waals surface area contributed by atoms with Gasteiger partial charge in [-0.15, -0.1) is 4.33 Å². The van der Waals surface area contributed by atoms with Crippen molar-refractivity contribution in [3.63, 3.8) is 0 Å². The molecule has 0 amide bonds. The Morgan fingerprint density at radius 2 is 1.87 bits per heavy atom. The maximum Gasteiger partial charge on any atom is 0.417 e. The van der Waals surface area contributed by atoms with Gasteiger partial charge < -0.3 is 0 Å². The molecule has 0 aliphatic carbocycles. The van der Waals surface area contributed by atoms with E-state index < -0.39 is 11.7 Å². The second kappa shape index (κ2) is 5.36. The normalized spacial score (nSPS) is 11.7. The van der Waals surface area contributed by atoms with Crippen LogP contribution in [0.5, 0.6) is 0 Å². The molecular formula is C8H7F3O3S. The third kappa shape index (κ3) is 3.71. The highest BCUT2D eigenvalue weighted by Gasteiger charge is 2.33. The van der Waals surface area contributed by atoms with E-state index in [4.69, 9.17) is 0 Å². The van der Waals surface area contributed by atoms with Gasteiger partial charge in [0.2, 0.25) is 0 Å². The first-order valence-electron chi connectivity index (χ1n) is 3.76. The zero-order valence-corrected chi connectivity index (χ0v) is 8.39. The highest BCUT2D eigenvalue weighted by Crippen LogP contribution is 2.36.